The van der Waals surface area contributed by atoms with Gasteiger partial charge in [0.2, 0.25) is 0 Å². The summed E-state index contributed by atoms with van der Waals surface area (Å²) in [5, 5.41) is 7.92. The molecule has 1 aromatic rings. The summed E-state index contributed by atoms with van der Waals surface area (Å²) in [4.78, 5) is 0. The van der Waals surface area contributed by atoms with E-state index in [1.54, 1.807) is 6.33 Å². The molecule has 0 bridgehead atoms. The maximum atomic E-state index is 12.8. The molecule has 1 aliphatic carbocycles. The molecule has 2 unspecified atom stereocenters. The highest BCUT2D eigenvalue weighted by molar-refractivity contribution is 5.00. The maximum absolute atomic E-state index is 12.8. The van der Waals surface area contributed by atoms with Gasteiger partial charge in [0.1, 0.15) is 12.2 Å². The second-order valence-corrected chi connectivity index (χ2v) is 5.84. The van der Waals surface area contributed by atoms with E-state index < -0.39 is 12.1 Å². The van der Waals surface area contributed by atoms with Crippen LogP contribution in [0.1, 0.15) is 51.3 Å². The van der Waals surface area contributed by atoms with Crippen molar-refractivity contribution in [3.63, 3.8) is 0 Å². The Hall–Kier alpha value is -1.07. The summed E-state index contributed by atoms with van der Waals surface area (Å²) < 4.78 is 40.4. The Balaban J connectivity index is 2.11. The van der Waals surface area contributed by atoms with Crippen LogP contribution in [-0.2, 0) is 6.54 Å². The molecule has 2 rings (SSSR count). The normalized spacial score (nSPS) is 24.9. The van der Waals surface area contributed by atoms with Crippen molar-refractivity contribution in [1.29, 1.82) is 0 Å². The van der Waals surface area contributed by atoms with Gasteiger partial charge in [-0.2, -0.15) is 13.2 Å². The third-order valence-corrected chi connectivity index (χ3v) is 3.71. The molecule has 0 aliphatic heterocycles. The molecule has 0 saturated heterocycles. The van der Waals surface area contributed by atoms with Crippen LogP contribution in [0.15, 0.2) is 6.33 Å². The van der Waals surface area contributed by atoms with Gasteiger partial charge in [-0.05, 0) is 25.2 Å². The maximum Gasteiger partial charge on any atom is 0.391 e. The van der Waals surface area contributed by atoms with Crippen molar-refractivity contribution < 1.29 is 13.2 Å². The van der Waals surface area contributed by atoms with Crippen molar-refractivity contribution >= 4 is 0 Å². The van der Waals surface area contributed by atoms with Gasteiger partial charge in [0.05, 0.1) is 5.92 Å². The molecule has 19 heavy (non-hydrogen) atoms. The highest BCUT2D eigenvalue weighted by atomic mass is 19.4. The van der Waals surface area contributed by atoms with E-state index in [0.717, 1.165) is 18.8 Å². The number of halogens is 3. The van der Waals surface area contributed by atoms with Crippen molar-refractivity contribution in [3.8, 4) is 0 Å². The standard InChI is InChI=1S/C13H20F3N3/c1-9(2)7-19-8-17-18-12(19)10-4-3-5-11(6-10)13(14,15)16/h8-11H,3-7H2,1-2H3. The average molecular weight is 275 g/mol. The van der Waals surface area contributed by atoms with Gasteiger partial charge in [-0.3, -0.25) is 0 Å². The first-order valence-electron chi connectivity index (χ1n) is 6.82. The Morgan fingerprint density at radius 1 is 1.37 bits per heavy atom. The molecule has 1 aromatic heterocycles. The van der Waals surface area contributed by atoms with Crippen LogP contribution in [0.4, 0.5) is 13.2 Å². The van der Waals surface area contributed by atoms with Gasteiger partial charge in [0.25, 0.3) is 0 Å². The van der Waals surface area contributed by atoms with Crippen LogP contribution in [0, 0.1) is 11.8 Å². The van der Waals surface area contributed by atoms with Crippen molar-refractivity contribution in [2.24, 2.45) is 11.8 Å². The van der Waals surface area contributed by atoms with Crippen LogP contribution < -0.4 is 0 Å². The molecule has 1 heterocycles. The number of aromatic nitrogens is 3. The molecular formula is C13H20F3N3. The van der Waals surface area contributed by atoms with Crippen LogP contribution in [0.5, 0.6) is 0 Å². The zero-order valence-electron chi connectivity index (χ0n) is 11.3. The number of nitrogens with zero attached hydrogens (tertiary/aromatic N) is 3. The van der Waals surface area contributed by atoms with Crippen LogP contribution >= 0.6 is 0 Å². The van der Waals surface area contributed by atoms with Crippen molar-refractivity contribution in [1.82, 2.24) is 14.8 Å². The fraction of sp³-hybridized carbons (Fsp3) is 0.846. The van der Waals surface area contributed by atoms with Gasteiger partial charge >= 0.3 is 6.18 Å². The first kappa shape index (κ1) is 14.3. The number of hydrogen-bond acceptors (Lipinski definition) is 2. The lowest BCUT2D eigenvalue weighted by Crippen LogP contribution is -2.29. The molecule has 1 aliphatic rings. The van der Waals surface area contributed by atoms with Crippen LogP contribution in [0.2, 0.25) is 0 Å². The second kappa shape index (κ2) is 5.51. The van der Waals surface area contributed by atoms with Gasteiger partial charge in [-0.15, -0.1) is 10.2 Å². The third-order valence-electron chi connectivity index (χ3n) is 3.71. The van der Waals surface area contributed by atoms with E-state index in [2.05, 4.69) is 24.0 Å². The summed E-state index contributed by atoms with van der Waals surface area (Å²) in [6, 6.07) is 0. The van der Waals surface area contributed by atoms with E-state index in [0.29, 0.717) is 12.3 Å². The van der Waals surface area contributed by atoms with E-state index in [1.807, 2.05) is 4.57 Å². The van der Waals surface area contributed by atoms with Gasteiger partial charge in [0.15, 0.2) is 0 Å². The molecule has 0 amide bonds. The van der Waals surface area contributed by atoms with E-state index in [4.69, 9.17) is 0 Å². The first-order valence-corrected chi connectivity index (χ1v) is 6.82. The van der Waals surface area contributed by atoms with Crippen LogP contribution in [0.25, 0.3) is 0 Å². The summed E-state index contributed by atoms with van der Waals surface area (Å²) in [7, 11) is 0. The number of alkyl halides is 3. The molecule has 6 heteroatoms. The lowest BCUT2D eigenvalue weighted by Gasteiger charge is -2.30. The zero-order valence-corrected chi connectivity index (χ0v) is 11.3. The second-order valence-electron chi connectivity index (χ2n) is 5.84. The molecule has 2 atom stereocenters. The van der Waals surface area contributed by atoms with Gasteiger partial charge in [-0.1, -0.05) is 20.3 Å². The minimum Gasteiger partial charge on any atom is -0.317 e. The van der Waals surface area contributed by atoms with E-state index in [9.17, 15) is 13.2 Å². The summed E-state index contributed by atoms with van der Waals surface area (Å²) in [5.41, 5.74) is 0. The minimum absolute atomic E-state index is 0.110. The molecule has 108 valence electrons. The predicted molar refractivity (Wildman–Crippen MR) is 65.6 cm³/mol. The quantitative estimate of drug-likeness (QED) is 0.840. The Morgan fingerprint density at radius 3 is 2.74 bits per heavy atom. The molecule has 0 N–H and O–H groups in total. The summed E-state index contributed by atoms with van der Waals surface area (Å²) in [6.07, 6.45) is -0.653. The largest absolute Gasteiger partial charge is 0.391 e. The number of hydrogen-bond donors (Lipinski definition) is 0. The predicted octanol–water partition coefficient (Wildman–Crippen LogP) is 3.77. The molecule has 1 fully saturated rings. The Morgan fingerprint density at radius 2 is 2.11 bits per heavy atom. The van der Waals surface area contributed by atoms with Crippen LogP contribution in [0.3, 0.4) is 0 Å². The van der Waals surface area contributed by atoms with Gasteiger partial charge in [0, 0.05) is 12.5 Å². The molecule has 3 nitrogen and oxygen atoms in total. The van der Waals surface area contributed by atoms with E-state index >= 15 is 0 Å². The molecule has 0 aromatic carbocycles. The number of rotatable bonds is 3. The monoisotopic (exact) mass is 275 g/mol. The van der Waals surface area contributed by atoms with Gasteiger partial charge < -0.3 is 4.57 Å². The van der Waals surface area contributed by atoms with Crippen LogP contribution in [-0.4, -0.2) is 20.9 Å². The topological polar surface area (TPSA) is 30.7 Å². The Bertz CT molecular complexity index is 412. The van der Waals surface area contributed by atoms with Gasteiger partial charge in [-0.25, -0.2) is 0 Å². The smallest absolute Gasteiger partial charge is 0.317 e. The zero-order chi connectivity index (χ0) is 14.0. The summed E-state index contributed by atoms with van der Waals surface area (Å²) in [6.45, 7) is 4.90. The van der Waals surface area contributed by atoms with Crippen molar-refractivity contribution in [2.75, 3.05) is 0 Å². The van der Waals surface area contributed by atoms with Crippen molar-refractivity contribution in [3.05, 3.63) is 12.2 Å². The highest BCUT2D eigenvalue weighted by Crippen LogP contribution is 2.43. The summed E-state index contributed by atoms with van der Waals surface area (Å²) >= 11 is 0. The molecule has 0 radical (unpaired) electrons. The Kier molecular flexibility index (Phi) is 4.16. The molecule has 0 spiro atoms. The molecule has 1 saturated carbocycles. The lowest BCUT2D eigenvalue weighted by molar-refractivity contribution is -0.183. The minimum atomic E-state index is -4.08. The first-order chi connectivity index (χ1) is 8.88. The fourth-order valence-corrected chi connectivity index (χ4v) is 2.84. The fourth-order valence-electron chi connectivity index (χ4n) is 2.84. The van der Waals surface area contributed by atoms with E-state index in [1.165, 1.54) is 0 Å². The lowest BCUT2D eigenvalue weighted by atomic mass is 9.80. The van der Waals surface area contributed by atoms with Crippen molar-refractivity contribution in [2.45, 2.75) is 58.2 Å². The average Bonchev–Trinajstić information content (AvgIpc) is 2.75. The third kappa shape index (κ3) is 3.48. The Labute approximate surface area is 111 Å². The SMILES string of the molecule is CC(C)Cn1cnnc1C1CCCC(C(F)(F)F)C1. The molecular weight excluding hydrogens is 255 g/mol. The van der Waals surface area contributed by atoms with E-state index in [-0.39, 0.29) is 18.8 Å². The summed E-state index contributed by atoms with van der Waals surface area (Å²) in [5.74, 6) is -0.142. The highest BCUT2D eigenvalue weighted by Gasteiger charge is 2.43.